The van der Waals surface area contributed by atoms with Gasteiger partial charge < -0.3 is 19.9 Å². The summed E-state index contributed by atoms with van der Waals surface area (Å²) in [5, 5.41) is 14.9. The van der Waals surface area contributed by atoms with Crippen molar-refractivity contribution in [2.75, 3.05) is 18.2 Å². The largest absolute Gasteiger partial charge is 0.465 e. The number of nitrogens with one attached hydrogen (secondary N) is 2. The Labute approximate surface area is 199 Å². The number of aromatic nitrogens is 3. The quantitative estimate of drug-likeness (QED) is 0.369. The number of ether oxygens (including phenoxy) is 1. The summed E-state index contributed by atoms with van der Waals surface area (Å²) in [6, 6.07) is 12.7. The Balaban J connectivity index is 1.60. The van der Waals surface area contributed by atoms with Gasteiger partial charge in [-0.05, 0) is 43.3 Å². The number of rotatable bonds is 8. The van der Waals surface area contributed by atoms with Crippen molar-refractivity contribution in [2.45, 2.75) is 18.1 Å². The van der Waals surface area contributed by atoms with E-state index >= 15 is 0 Å². The van der Waals surface area contributed by atoms with E-state index in [1.165, 1.54) is 18.9 Å². The number of carbonyl (C=O) groups is 3. The topological polar surface area (TPSA) is 115 Å². The van der Waals surface area contributed by atoms with Crippen LogP contribution in [0.4, 0.5) is 5.69 Å². The van der Waals surface area contributed by atoms with Gasteiger partial charge in [0.2, 0.25) is 5.91 Å². The molecule has 2 aromatic carbocycles. The molecule has 0 saturated heterocycles. The van der Waals surface area contributed by atoms with E-state index < -0.39 is 12.0 Å². The molecule has 3 rings (SSSR count). The van der Waals surface area contributed by atoms with Crippen molar-refractivity contribution < 1.29 is 19.1 Å². The zero-order chi connectivity index (χ0) is 24.0. The van der Waals surface area contributed by atoms with E-state index in [0.717, 1.165) is 0 Å². The normalized spacial score (nSPS) is 11.5. The molecule has 0 aliphatic carbocycles. The van der Waals surface area contributed by atoms with Crippen molar-refractivity contribution in [2.24, 2.45) is 7.05 Å². The first kappa shape index (κ1) is 24.3. The molecule has 0 unspecified atom stereocenters. The second kappa shape index (κ2) is 11.0. The predicted molar refractivity (Wildman–Crippen MR) is 125 cm³/mol. The highest BCUT2D eigenvalue weighted by molar-refractivity contribution is 7.99. The molecule has 0 radical (unpaired) electrons. The molecule has 0 aliphatic rings. The summed E-state index contributed by atoms with van der Waals surface area (Å²) in [4.78, 5) is 36.7. The van der Waals surface area contributed by atoms with E-state index in [2.05, 4.69) is 20.8 Å². The molecule has 2 amide bonds. The fourth-order valence-corrected chi connectivity index (χ4v) is 3.82. The average Bonchev–Trinajstić information content (AvgIpc) is 3.18. The van der Waals surface area contributed by atoms with Crippen molar-refractivity contribution in [1.29, 1.82) is 0 Å². The van der Waals surface area contributed by atoms with E-state index in [1.807, 2.05) is 0 Å². The Kier molecular flexibility index (Phi) is 8.07. The monoisotopic (exact) mass is 487 g/mol. The van der Waals surface area contributed by atoms with Gasteiger partial charge in [0, 0.05) is 17.6 Å². The highest BCUT2D eigenvalue weighted by Gasteiger charge is 2.19. The average molecular weight is 488 g/mol. The van der Waals surface area contributed by atoms with Crippen LogP contribution < -0.4 is 10.6 Å². The van der Waals surface area contributed by atoms with Crippen molar-refractivity contribution in [1.82, 2.24) is 20.1 Å². The maximum Gasteiger partial charge on any atom is 0.339 e. The van der Waals surface area contributed by atoms with Crippen LogP contribution in [-0.2, 0) is 16.6 Å². The predicted octanol–water partition coefficient (Wildman–Crippen LogP) is 3.48. The van der Waals surface area contributed by atoms with Crippen LogP contribution in [0.5, 0.6) is 0 Å². The summed E-state index contributed by atoms with van der Waals surface area (Å²) in [6.45, 7) is 1.79. The van der Waals surface area contributed by atoms with Gasteiger partial charge >= 0.3 is 5.97 Å². The number of benzene rings is 2. The molecule has 1 heterocycles. The molecule has 1 aromatic heterocycles. The number of thioether (sulfide) groups is 1. The van der Waals surface area contributed by atoms with Crippen molar-refractivity contribution >= 4 is 46.8 Å². The van der Waals surface area contributed by atoms with Crippen LogP contribution in [0.25, 0.3) is 0 Å². The van der Waals surface area contributed by atoms with Gasteiger partial charge in [-0.25, -0.2) is 4.79 Å². The number of carbonyl (C=O) groups excluding carboxylic acids is 3. The van der Waals surface area contributed by atoms with Gasteiger partial charge in [0.15, 0.2) is 11.0 Å². The van der Waals surface area contributed by atoms with Crippen LogP contribution in [0.3, 0.4) is 0 Å². The van der Waals surface area contributed by atoms with Gasteiger partial charge in [-0.15, -0.1) is 10.2 Å². The first-order valence-electron chi connectivity index (χ1n) is 9.86. The first-order valence-corrected chi connectivity index (χ1v) is 11.2. The third kappa shape index (κ3) is 6.11. The minimum atomic E-state index is -0.536. The smallest absolute Gasteiger partial charge is 0.339 e. The summed E-state index contributed by atoms with van der Waals surface area (Å²) in [6.07, 6.45) is 0. The second-order valence-corrected chi connectivity index (χ2v) is 8.35. The SMILES string of the molecule is COC(=O)c1ccccc1NC(=O)CSc1nnc([C@H](C)NC(=O)c2ccc(Cl)cc2)n1C. The molecule has 1 atom stereocenters. The number of para-hydroxylation sites is 1. The lowest BCUT2D eigenvalue weighted by atomic mass is 10.2. The van der Waals surface area contributed by atoms with Gasteiger partial charge in [-0.2, -0.15) is 0 Å². The summed E-state index contributed by atoms with van der Waals surface area (Å²) in [5.74, 6) is -0.528. The molecule has 33 heavy (non-hydrogen) atoms. The molecular formula is C22H22ClN5O4S. The Morgan fingerprint density at radius 2 is 1.82 bits per heavy atom. The van der Waals surface area contributed by atoms with Crippen molar-refractivity contribution in [3.8, 4) is 0 Å². The molecule has 0 saturated carbocycles. The summed E-state index contributed by atoms with van der Waals surface area (Å²) in [5.41, 5.74) is 1.11. The third-order valence-electron chi connectivity index (χ3n) is 4.65. The lowest BCUT2D eigenvalue weighted by molar-refractivity contribution is -0.113. The van der Waals surface area contributed by atoms with Gasteiger partial charge in [0.05, 0.1) is 30.2 Å². The second-order valence-electron chi connectivity index (χ2n) is 6.98. The Morgan fingerprint density at radius 3 is 2.52 bits per heavy atom. The van der Waals surface area contributed by atoms with Gasteiger partial charge in [-0.3, -0.25) is 9.59 Å². The Bertz CT molecular complexity index is 1170. The Morgan fingerprint density at radius 1 is 1.12 bits per heavy atom. The molecule has 3 aromatic rings. The molecule has 2 N–H and O–H groups in total. The summed E-state index contributed by atoms with van der Waals surface area (Å²) < 4.78 is 6.45. The molecule has 0 fully saturated rings. The molecule has 11 heteroatoms. The summed E-state index contributed by atoms with van der Waals surface area (Å²) in [7, 11) is 3.04. The zero-order valence-electron chi connectivity index (χ0n) is 18.2. The molecule has 0 bridgehead atoms. The number of methoxy groups -OCH3 is 1. The van der Waals surface area contributed by atoms with Crippen molar-refractivity contribution in [3.63, 3.8) is 0 Å². The zero-order valence-corrected chi connectivity index (χ0v) is 19.7. The number of anilines is 1. The number of halogens is 1. The molecule has 172 valence electrons. The van der Waals surface area contributed by atoms with Crippen LogP contribution >= 0.6 is 23.4 Å². The maximum atomic E-state index is 12.4. The fourth-order valence-electron chi connectivity index (χ4n) is 2.97. The molecular weight excluding hydrogens is 466 g/mol. The van der Waals surface area contributed by atoms with Crippen molar-refractivity contribution in [3.05, 3.63) is 70.5 Å². The van der Waals surface area contributed by atoms with Crippen LogP contribution in [-0.4, -0.2) is 45.4 Å². The number of hydrogen-bond acceptors (Lipinski definition) is 7. The van der Waals surface area contributed by atoms with E-state index in [1.54, 1.807) is 67.1 Å². The minimum absolute atomic E-state index is 0.0486. The lowest BCUT2D eigenvalue weighted by Gasteiger charge is -2.14. The van der Waals surface area contributed by atoms with E-state index in [4.69, 9.17) is 16.3 Å². The molecule has 0 spiro atoms. The number of hydrogen-bond donors (Lipinski definition) is 2. The van der Waals surface area contributed by atoms with E-state index in [-0.39, 0.29) is 23.1 Å². The third-order valence-corrected chi connectivity index (χ3v) is 5.92. The first-order chi connectivity index (χ1) is 15.8. The van der Waals surface area contributed by atoms with E-state index in [0.29, 0.717) is 27.3 Å². The standard InChI is InChI=1S/C22H22ClN5O4S/c1-13(24-20(30)14-8-10-15(23)11-9-14)19-26-27-22(28(19)2)33-12-18(29)25-17-7-5-4-6-16(17)21(31)32-3/h4-11,13H,12H2,1-3H3,(H,24,30)(H,25,29)/t13-/m0/s1. The highest BCUT2D eigenvalue weighted by Crippen LogP contribution is 2.21. The minimum Gasteiger partial charge on any atom is -0.465 e. The lowest BCUT2D eigenvalue weighted by Crippen LogP contribution is -2.28. The number of nitrogens with zero attached hydrogens (tertiary/aromatic N) is 3. The number of esters is 1. The van der Waals surface area contributed by atoms with Gasteiger partial charge in [0.25, 0.3) is 5.91 Å². The fraction of sp³-hybridized carbons (Fsp3) is 0.227. The van der Waals surface area contributed by atoms with Crippen LogP contribution in [0.2, 0.25) is 5.02 Å². The van der Waals surface area contributed by atoms with Crippen LogP contribution in [0.15, 0.2) is 53.7 Å². The van der Waals surface area contributed by atoms with Crippen LogP contribution in [0.1, 0.15) is 39.5 Å². The van der Waals surface area contributed by atoms with E-state index in [9.17, 15) is 14.4 Å². The Hall–Kier alpha value is -3.37. The van der Waals surface area contributed by atoms with Crippen LogP contribution in [0, 0.1) is 0 Å². The highest BCUT2D eigenvalue weighted by atomic mass is 35.5. The maximum absolute atomic E-state index is 12.4. The van der Waals surface area contributed by atoms with Gasteiger partial charge in [0.1, 0.15) is 0 Å². The number of amides is 2. The molecule has 9 nitrogen and oxygen atoms in total. The van der Waals surface area contributed by atoms with Gasteiger partial charge in [-0.1, -0.05) is 35.5 Å². The summed E-state index contributed by atoms with van der Waals surface area (Å²) >= 11 is 7.05. The molecule has 0 aliphatic heterocycles.